The topological polar surface area (TPSA) is 118 Å². The standard InChI is InChI=1S/C23H24N6O3/c24-23-20(12-19(26-27-23)18-3-1-2-4-21(18)31)28-13-16-5-6-17(14-28)29(16)15-7-8-25-22(11-15)32-10-9-30/h1-4,7-9,11-12,16-17,31H,5-6,10,13-14H2,(H2,24,27). The van der Waals surface area contributed by atoms with Gasteiger partial charge in [-0.05, 0) is 37.1 Å². The third-order valence-corrected chi connectivity index (χ3v) is 6.12. The van der Waals surface area contributed by atoms with Gasteiger partial charge in [-0.2, -0.15) is 0 Å². The number of benzene rings is 1. The van der Waals surface area contributed by atoms with Crippen molar-refractivity contribution in [2.24, 2.45) is 0 Å². The van der Waals surface area contributed by atoms with Gasteiger partial charge < -0.3 is 25.4 Å². The molecule has 0 aliphatic carbocycles. The molecule has 2 aliphatic rings. The lowest BCUT2D eigenvalue weighted by atomic mass is 10.1. The molecule has 32 heavy (non-hydrogen) atoms. The lowest BCUT2D eigenvalue weighted by Gasteiger charge is -2.43. The number of nitrogen functional groups attached to an aromatic ring is 1. The number of para-hydroxylation sites is 1. The van der Waals surface area contributed by atoms with E-state index in [1.165, 1.54) is 0 Å². The van der Waals surface area contributed by atoms with Crippen LogP contribution in [0.2, 0.25) is 0 Å². The summed E-state index contributed by atoms with van der Waals surface area (Å²) in [6, 6.07) is 13.5. The van der Waals surface area contributed by atoms with Crippen LogP contribution < -0.4 is 20.3 Å². The third-order valence-electron chi connectivity index (χ3n) is 6.12. The Morgan fingerprint density at radius 2 is 1.91 bits per heavy atom. The van der Waals surface area contributed by atoms with Crippen LogP contribution in [0.4, 0.5) is 17.2 Å². The Bertz CT molecular complexity index is 1130. The summed E-state index contributed by atoms with van der Waals surface area (Å²) in [6.07, 6.45) is 4.57. The van der Waals surface area contributed by atoms with Crippen LogP contribution in [-0.4, -0.2) is 58.4 Å². The van der Waals surface area contributed by atoms with Gasteiger partial charge in [0.25, 0.3) is 0 Å². The number of rotatable bonds is 6. The summed E-state index contributed by atoms with van der Waals surface area (Å²) >= 11 is 0. The van der Waals surface area contributed by atoms with Crippen LogP contribution in [0.25, 0.3) is 11.3 Å². The quantitative estimate of drug-likeness (QED) is 0.566. The molecular formula is C23H24N6O3. The molecule has 2 saturated heterocycles. The number of phenols is 1. The Morgan fingerprint density at radius 1 is 1.12 bits per heavy atom. The normalized spacial score (nSPS) is 19.8. The highest BCUT2D eigenvalue weighted by Gasteiger charge is 2.40. The fourth-order valence-corrected chi connectivity index (χ4v) is 4.75. The average Bonchev–Trinajstić information content (AvgIpc) is 3.08. The van der Waals surface area contributed by atoms with E-state index in [-0.39, 0.29) is 12.4 Å². The Kier molecular flexibility index (Phi) is 5.22. The predicted molar refractivity (Wildman–Crippen MR) is 121 cm³/mol. The Balaban J connectivity index is 1.40. The number of hydrogen-bond acceptors (Lipinski definition) is 9. The molecule has 9 heteroatoms. The van der Waals surface area contributed by atoms with Crippen molar-refractivity contribution in [3.8, 4) is 22.9 Å². The SMILES string of the molecule is Nc1nnc(-c2ccccc2O)cc1N1CC2CCC(C1)N2c1ccnc(OCC=O)c1. The highest BCUT2D eigenvalue weighted by atomic mass is 16.5. The minimum atomic E-state index is -0.00922. The molecule has 2 fully saturated rings. The number of aldehydes is 1. The second-order valence-electron chi connectivity index (χ2n) is 8.04. The second-order valence-corrected chi connectivity index (χ2v) is 8.04. The molecule has 9 nitrogen and oxygen atoms in total. The van der Waals surface area contributed by atoms with Gasteiger partial charge in [0.05, 0.1) is 11.4 Å². The van der Waals surface area contributed by atoms with Gasteiger partial charge >= 0.3 is 0 Å². The van der Waals surface area contributed by atoms with Crippen LogP contribution >= 0.6 is 0 Å². The molecule has 1 aromatic carbocycles. The highest BCUT2D eigenvalue weighted by Crippen LogP contribution is 2.39. The zero-order valence-electron chi connectivity index (χ0n) is 17.5. The van der Waals surface area contributed by atoms with Gasteiger partial charge in [0, 0.05) is 48.7 Å². The third kappa shape index (κ3) is 3.66. The van der Waals surface area contributed by atoms with Crippen molar-refractivity contribution in [1.29, 1.82) is 0 Å². The number of nitrogens with two attached hydrogens (primary N) is 1. The Morgan fingerprint density at radius 3 is 2.66 bits per heavy atom. The maximum absolute atomic E-state index is 10.6. The first-order valence-electron chi connectivity index (χ1n) is 10.6. The Hall–Kier alpha value is -3.88. The lowest BCUT2D eigenvalue weighted by molar-refractivity contribution is -0.109. The van der Waals surface area contributed by atoms with E-state index in [0.717, 1.165) is 37.3 Å². The maximum Gasteiger partial charge on any atom is 0.215 e. The van der Waals surface area contributed by atoms with Crippen molar-refractivity contribution < 1.29 is 14.6 Å². The minimum Gasteiger partial charge on any atom is -0.507 e. The van der Waals surface area contributed by atoms with E-state index in [4.69, 9.17) is 10.5 Å². The zero-order valence-corrected chi connectivity index (χ0v) is 17.5. The summed E-state index contributed by atoms with van der Waals surface area (Å²) in [4.78, 5) is 19.5. The number of ether oxygens (including phenoxy) is 1. The van der Waals surface area contributed by atoms with Crippen LogP contribution in [0, 0.1) is 0 Å². The van der Waals surface area contributed by atoms with Gasteiger partial charge in [0.15, 0.2) is 12.1 Å². The summed E-state index contributed by atoms with van der Waals surface area (Å²) in [7, 11) is 0. The van der Waals surface area contributed by atoms with E-state index < -0.39 is 0 Å². The minimum absolute atomic E-state index is 0.00922. The van der Waals surface area contributed by atoms with Gasteiger partial charge in [0.2, 0.25) is 5.88 Å². The van der Waals surface area contributed by atoms with E-state index in [1.54, 1.807) is 18.3 Å². The lowest BCUT2D eigenvalue weighted by Crippen LogP contribution is -2.54. The number of anilines is 3. The molecule has 2 unspecified atom stereocenters. The number of pyridine rings is 1. The molecule has 0 spiro atoms. The predicted octanol–water partition coefficient (Wildman–Crippen LogP) is 2.26. The molecule has 0 saturated carbocycles. The summed E-state index contributed by atoms with van der Waals surface area (Å²) in [5.41, 5.74) is 9.31. The molecular weight excluding hydrogens is 408 g/mol. The van der Waals surface area contributed by atoms with Crippen LogP contribution in [0.1, 0.15) is 12.8 Å². The number of carbonyl (C=O) groups is 1. The highest BCUT2D eigenvalue weighted by molar-refractivity contribution is 5.74. The first-order chi connectivity index (χ1) is 15.6. The molecule has 0 radical (unpaired) electrons. The van der Waals surface area contributed by atoms with Crippen molar-refractivity contribution in [2.75, 3.05) is 35.2 Å². The fourth-order valence-electron chi connectivity index (χ4n) is 4.75. The first-order valence-corrected chi connectivity index (χ1v) is 10.6. The van der Waals surface area contributed by atoms with Crippen LogP contribution in [0.3, 0.4) is 0 Å². The molecule has 3 N–H and O–H groups in total. The van der Waals surface area contributed by atoms with Gasteiger partial charge in [-0.1, -0.05) is 12.1 Å². The number of hydrogen-bond donors (Lipinski definition) is 2. The number of carbonyl (C=O) groups excluding carboxylic acids is 1. The van der Waals surface area contributed by atoms with Crippen molar-refractivity contribution in [1.82, 2.24) is 15.2 Å². The molecule has 0 amide bonds. The molecule has 2 atom stereocenters. The van der Waals surface area contributed by atoms with Gasteiger partial charge in [-0.15, -0.1) is 10.2 Å². The fraction of sp³-hybridized carbons (Fsp3) is 0.304. The number of aromatic hydroxyl groups is 1. The smallest absolute Gasteiger partial charge is 0.215 e. The van der Waals surface area contributed by atoms with E-state index in [0.29, 0.717) is 41.3 Å². The largest absolute Gasteiger partial charge is 0.507 e. The summed E-state index contributed by atoms with van der Waals surface area (Å²) < 4.78 is 5.38. The van der Waals surface area contributed by atoms with Crippen LogP contribution in [-0.2, 0) is 4.79 Å². The van der Waals surface area contributed by atoms with Crippen molar-refractivity contribution in [2.45, 2.75) is 24.9 Å². The molecule has 2 aliphatic heterocycles. The van der Waals surface area contributed by atoms with Crippen molar-refractivity contribution in [3.63, 3.8) is 0 Å². The molecule has 2 bridgehead atoms. The average molecular weight is 432 g/mol. The number of piperazine rings is 1. The first kappa shape index (κ1) is 20.0. The second kappa shape index (κ2) is 8.33. The van der Waals surface area contributed by atoms with Crippen molar-refractivity contribution >= 4 is 23.5 Å². The Labute approximate surface area is 185 Å². The monoisotopic (exact) mass is 432 g/mol. The maximum atomic E-state index is 10.6. The van der Waals surface area contributed by atoms with Gasteiger partial charge in [-0.25, -0.2) is 4.98 Å². The van der Waals surface area contributed by atoms with E-state index in [9.17, 15) is 9.90 Å². The molecule has 2 aromatic heterocycles. The number of nitrogens with zero attached hydrogens (tertiary/aromatic N) is 5. The van der Waals surface area contributed by atoms with E-state index in [1.807, 2.05) is 30.3 Å². The molecule has 3 aromatic rings. The number of fused-ring (bicyclic) bond motifs is 2. The van der Waals surface area contributed by atoms with Crippen LogP contribution in [0.5, 0.6) is 11.6 Å². The number of phenolic OH excluding ortho intramolecular Hbond substituents is 1. The zero-order chi connectivity index (χ0) is 22.1. The van der Waals surface area contributed by atoms with Crippen LogP contribution in [0.15, 0.2) is 48.7 Å². The van der Waals surface area contributed by atoms with Crippen molar-refractivity contribution in [3.05, 3.63) is 48.7 Å². The van der Waals surface area contributed by atoms with E-state index in [2.05, 4.69) is 25.0 Å². The molecule has 164 valence electrons. The van der Waals surface area contributed by atoms with Gasteiger partial charge in [0.1, 0.15) is 12.4 Å². The number of aromatic nitrogens is 3. The summed E-state index contributed by atoms with van der Waals surface area (Å²) in [5.74, 6) is 0.990. The summed E-state index contributed by atoms with van der Waals surface area (Å²) in [5, 5.41) is 18.6. The van der Waals surface area contributed by atoms with E-state index >= 15 is 0 Å². The van der Waals surface area contributed by atoms with Gasteiger partial charge in [-0.3, -0.25) is 4.79 Å². The molecule has 5 rings (SSSR count). The molecule has 4 heterocycles. The summed E-state index contributed by atoms with van der Waals surface area (Å²) in [6.45, 7) is 1.57.